The Bertz CT molecular complexity index is 1120. The molecule has 1 aromatic rings. The van der Waals surface area contributed by atoms with E-state index in [1.807, 2.05) is 12.1 Å². The molecule has 6 atom stereocenters. The number of nitrogens with one attached hydrogen (secondary N) is 1. The van der Waals surface area contributed by atoms with E-state index in [0.29, 0.717) is 12.2 Å². The van der Waals surface area contributed by atoms with E-state index in [-0.39, 0.29) is 29.7 Å². The average molecular weight is 433 g/mol. The minimum absolute atomic E-state index is 0.123. The van der Waals surface area contributed by atoms with Gasteiger partial charge in [0.1, 0.15) is 11.7 Å². The van der Waals surface area contributed by atoms with Gasteiger partial charge < -0.3 is 20.3 Å². The average Bonchev–Trinajstić information content (AvgIpc) is 3.52. The molecule has 166 valence electrons. The van der Waals surface area contributed by atoms with E-state index in [2.05, 4.69) is 22.2 Å². The number of terminal acetylenes is 1. The lowest BCUT2D eigenvalue weighted by atomic mass is 9.37. The Hall–Kier alpha value is -2.49. The number of likely N-dealkylation sites (tertiary alicyclic amines) is 1. The van der Waals surface area contributed by atoms with E-state index in [0.717, 1.165) is 37.4 Å². The minimum Gasteiger partial charge on any atom is -0.504 e. The predicted molar refractivity (Wildman–Crippen MR) is 117 cm³/mol. The van der Waals surface area contributed by atoms with Crippen LogP contribution in [0.1, 0.15) is 36.8 Å². The molecule has 2 heterocycles. The fraction of sp³-hybridized carbons (Fsp3) is 0.577. The number of phenolic OH excluding ortho intramolecular Hbond substituents is 1. The molecule has 32 heavy (non-hydrogen) atoms. The van der Waals surface area contributed by atoms with Crippen LogP contribution in [0.15, 0.2) is 24.3 Å². The first-order chi connectivity index (χ1) is 15.4. The number of amides is 1. The molecular formula is C26H28N2O4. The van der Waals surface area contributed by atoms with Crippen LogP contribution < -0.4 is 10.1 Å². The lowest BCUT2D eigenvalue weighted by Crippen LogP contribution is -2.80. The van der Waals surface area contributed by atoms with Gasteiger partial charge in [0.25, 0.3) is 0 Å². The zero-order valence-electron chi connectivity index (χ0n) is 18.0. The molecule has 2 aliphatic heterocycles. The number of hydrogen-bond acceptors (Lipinski definition) is 5. The maximum atomic E-state index is 13.2. The number of carbonyl (C=O) groups excluding carboxylic acids is 1. The molecule has 0 radical (unpaired) electrons. The van der Waals surface area contributed by atoms with Crippen molar-refractivity contribution in [2.75, 3.05) is 19.6 Å². The van der Waals surface area contributed by atoms with Gasteiger partial charge in [-0.2, -0.15) is 0 Å². The second-order valence-electron chi connectivity index (χ2n) is 10.8. The van der Waals surface area contributed by atoms with Gasteiger partial charge in [-0.05, 0) is 56.2 Å². The summed E-state index contributed by atoms with van der Waals surface area (Å²) in [6, 6.07) is 4.00. The van der Waals surface area contributed by atoms with Gasteiger partial charge in [-0.1, -0.05) is 24.1 Å². The van der Waals surface area contributed by atoms with Crippen molar-refractivity contribution in [1.82, 2.24) is 10.2 Å². The second kappa shape index (κ2) is 5.89. The molecule has 1 saturated heterocycles. The summed E-state index contributed by atoms with van der Waals surface area (Å²) in [5.74, 6) is 3.02. The summed E-state index contributed by atoms with van der Waals surface area (Å²) in [5, 5.41) is 25.5. The molecule has 0 aromatic heterocycles. The molecule has 8 rings (SSSR count). The van der Waals surface area contributed by atoms with Crippen molar-refractivity contribution in [2.45, 2.75) is 55.3 Å². The van der Waals surface area contributed by atoms with Crippen molar-refractivity contribution in [1.29, 1.82) is 0 Å². The van der Waals surface area contributed by atoms with Crippen LogP contribution in [0.5, 0.6) is 11.5 Å². The molecule has 4 bridgehead atoms. The number of nitrogens with zero attached hydrogens (tertiary/aromatic N) is 1. The third kappa shape index (κ3) is 1.99. The van der Waals surface area contributed by atoms with Crippen molar-refractivity contribution < 1.29 is 19.7 Å². The van der Waals surface area contributed by atoms with Gasteiger partial charge in [-0.15, -0.1) is 6.42 Å². The summed E-state index contributed by atoms with van der Waals surface area (Å²) in [6.07, 6.45) is 13.7. The number of piperidine rings is 1. The third-order valence-corrected chi connectivity index (χ3v) is 9.46. The maximum Gasteiger partial charge on any atom is 0.227 e. The summed E-state index contributed by atoms with van der Waals surface area (Å²) in [6.45, 7) is 2.19. The van der Waals surface area contributed by atoms with Crippen LogP contribution in [0.25, 0.3) is 0 Å². The first kappa shape index (κ1) is 19.0. The van der Waals surface area contributed by atoms with Crippen LogP contribution in [0.2, 0.25) is 0 Å². The number of carbonyl (C=O) groups is 1. The van der Waals surface area contributed by atoms with E-state index < -0.39 is 23.0 Å². The number of phenols is 1. The summed E-state index contributed by atoms with van der Waals surface area (Å²) >= 11 is 0. The maximum absolute atomic E-state index is 13.2. The summed E-state index contributed by atoms with van der Waals surface area (Å²) in [4.78, 5) is 15.9. The van der Waals surface area contributed by atoms with Gasteiger partial charge in [-0.25, -0.2) is 0 Å². The monoisotopic (exact) mass is 432 g/mol. The molecule has 2 spiro atoms. The largest absolute Gasteiger partial charge is 0.504 e. The SMILES string of the molecule is C#CCNC(=O)[C@H]1C[C@@]23C=C[C@@]1(O)[C@@H]1Oc4c(O)ccc5c4[C@@]12CCN(CC1CC1)[C@@H]3C5. The Kier molecular flexibility index (Phi) is 3.50. The number of fused-ring (bicyclic) bond motifs is 1. The van der Waals surface area contributed by atoms with Crippen LogP contribution >= 0.6 is 0 Å². The Morgan fingerprint density at radius 1 is 1.34 bits per heavy atom. The fourth-order valence-corrected chi connectivity index (χ4v) is 8.04. The lowest BCUT2D eigenvalue weighted by Gasteiger charge is -2.70. The molecule has 2 saturated carbocycles. The number of hydrogen-bond donors (Lipinski definition) is 3. The lowest BCUT2D eigenvalue weighted by molar-refractivity contribution is -0.206. The normalized spacial score (nSPS) is 42.2. The Morgan fingerprint density at radius 3 is 2.97 bits per heavy atom. The van der Waals surface area contributed by atoms with Gasteiger partial charge in [0.15, 0.2) is 11.5 Å². The van der Waals surface area contributed by atoms with Crippen LogP contribution in [-0.2, 0) is 16.6 Å². The molecule has 3 N–H and O–H groups in total. The second-order valence-corrected chi connectivity index (χ2v) is 10.8. The van der Waals surface area contributed by atoms with E-state index in [1.54, 1.807) is 6.07 Å². The van der Waals surface area contributed by atoms with Gasteiger partial charge in [-0.3, -0.25) is 9.69 Å². The molecule has 1 aromatic carbocycles. The van der Waals surface area contributed by atoms with Crippen molar-refractivity contribution in [3.63, 3.8) is 0 Å². The summed E-state index contributed by atoms with van der Waals surface area (Å²) < 4.78 is 6.46. The molecule has 6 heteroatoms. The van der Waals surface area contributed by atoms with Crippen LogP contribution in [0.4, 0.5) is 0 Å². The minimum atomic E-state index is -1.44. The molecule has 6 nitrogen and oxygen atoms in total. The van der Waals surface area contributed by atoms with E-state index in [9.17, 15) is 15.0 Å². The van der Waals surface area contributed by atoms with Gasteiger partial charge in [0.2, 0.25) is 5.91 Å². The Labute approximate surface area is 187 Å². The zero-order chi connectivity index (χ0) is 21.9. The Morgan fingerprint density at radius 2 is 2.19 bits per heavy atom. The van der Waals surface area contributed by atoms with Crippen molar-refractivity contribution in [3.8, 4) is 23.8 Å². The zero-order valence-corrected chi connectivity index (χ0v) is 18.0. The number of aliphatic hydroxyl groups is 1. The van der Waals surface area contributed by atoms with E-state index in [4.69, 9.17) is 11.2 Å². The topological polar surface area (TPSA) is 82.0 Å². The first-order valence-electron chi connectivity index (χ1n) is 11.8. The third-order valence-electron chi connectivity index (χ3n) is 9.46. The highest BCUT2D eigenvalue weighted by Gasteiger charge is 2.79. The smallest absolute Gasteiger partial charge is 0.227 e. The van der Waals surface area contributed by atoms with E-state index in [1.165, 1.54) is 18.4 Å². The van der Waals surface area contributed by atoms with Crippen LogP contribution in [-0.4, -0.2) is 58.4 Å². The van der Waals surface area contributed by atoms with Gasteiger partial charge in [0.05, 0.1) is 17.9 Å². The molecule has 3 fully saturated rings. The number of rotatable bonds is 4. The molecule has 0 unspecified atom stereocenters. The van der Waals surface area contributed by atoms with Crippen molar-refractivity contribution in [3.05, 3.63) is 35.4 Å². The standard InChI is InChI=1S/C26H28N2O4/c1-2-10-27-22(30)17-13-24-7-8-26(17,31)23-25(24)9-11-28(14-15-3-4-15)19(24)12-16-5-6-18(29)21(32-23)20(16)25/h1,5-8,15,17,19,23,29,31H,3-4,9-14H2,(H,27,30)/t17-,19-,23-,24-,25+,26+/m1/s1. The quantitative estimate of drug-likeness (QED) is 0.496. The van der Waals surface area contributed by atoms with Crippen molar-refractivity contribution in [2.24, 2.45) is 17.3 Å². The Balaban J connectivity index is 1.43. The van der Waals surface area contributed by atoms with Gasteiger partial charge >= 0.3 is 0 Å². The van der Waals surface area contributed by atoms with Crippen LogP contribution in [0.3, 0.4) is 0 Å². The highest BCUT2D eigenvalue weighted by atomic mass is 16.5. The number of ether oxygens (including phenoxy) is 1. The van der Waals surface area contributed by atoms with Gasteiger partial charge in [0, 0.05) is 23.6 Å². The molecule has 7 aliphatic rings. The van der Waals surface area contributed by atoms with E-state index >= 15 is 0 Å². The highest BCUT2D eigenvalue weighted by molar-refractivity contribution is 5.83. The van der Waals surface area contributed by atoms with Crippen molar-refractivity contribution >= 4 is 5.91 Å². The molecule has 1 amide bonds. The highest BCUT2D eigenvalue weighted by Crippen LogP contribution is 2.74. The predicted octanol–water partition coefficient (Wildman–Crippen LogP) is 1.49. The summed E-state index contributed by atoms with van der Waals surface area (Å²) in [5.41, 5.74) is 0.110. The fourth-order valence-electron chi connectivity index (χ4n) is 8.04. The molecular weight excluding hydrogens is 404 g/mol. The summed E-state index contributed by atoms with van der Waals surface area (Å²) in [7, 11) is 0. The number of aromatic hydroxyl groups is 1. The number of benzene rings is 1. The molecule has 5 aliphatic carbocycles. The van der Waals surface area contributed by atoms with Crippen LogP contribution in [0, 0.1) is 29.6 Å². The first-order valence-corrected chi connectivity index (χ1v) is 11.8.